The number of hydrogen-bond acceptors (Lipinski definition) is 4. The molecule has 2 N–H and O–H groups in total. The second kappa shape index (κ2) is 5.17. The molecule has 0 saturated heterocycles. The van der Waals surface area contributed by atoms with Crippen LogP contribution in [0.5, 0.6) is 0 Å². The zero-order chi connectivity index (χ0) is 13.3. The van der Waals surface area contributed by atoms with Crippen LogP contribution in [0.15, 0.2) is 0 Å². The van der Waals surface area contributed by atoms with E-state index in [9.17, 15) is 4.79 Å². The minimum absolute atomic E-state index is 0.0137. The van der Waals surface area contributed by atoms with Crippen LogP contribution in [0.25, 0.3) is 0 Å². The lowest BCUT2D eigenvalue weighted by atomic mass is 9.85. The zero-order valence-electron chi connectivity index (χ0n) is 11.6. The zero-order valence-corrected chi connectivity index (χ0v) is 11.6. The number of carbonyl (C=O) groups excluding carboxylic acids is 1. The molecule has 4 heteroatoms. The number of esters is 1. The number of rotatable bonds is 4. The topological polar surface area (TPSA) is 61.5 Å². The Morgan fingerprint density at radius 3 is 2.44 bits per heavy atom. The molecule has 2 aliphatic rings. The van der Waals surface area contributed by atoms with Gasteiger partial charge in [0.25, 0.3) is 0 Å². The lowest BCUT2D eigenvalue weighted by Crippen LogP contribution is -2.41. The number of hydrogen-bond donors (Lipinski definition) is 1. The maximum Gasteiger partial charge on any atom is 0.310 e. The first-order valence-electron chi connectivity index (χ1n) is 6.94. The van der Waals surface area contributed by atoms with Gasteiger partial charge in [0.2, 0.25) is 0 Å². The van der Waals surface area contributed by atoms with Gasteiger partial charge >= 0.3 is 5.97 Å². The van der Waals surface area contributed by atoms with Crippen molar-refractivity contribution in [3.63, 3.8) is 0 Å². The highest BCUT2D eigenvalue weighted by atomic mass is 16.6. The third-order valence-electron chi connectivity index (χ3n) is 4.12. The second-order valence-electron chi connectivity index (χ2n) is 6.56. The van der Waals surface area contributed by atoms with Crippen molar-refractivity contribution in [3.05, 3.63) is 0 Å². The fourth-order valence-electron chi connectivity index (χ4n) is 3.27. The van der Waals surface area contributed by atoms with E-state index in [4.69, 9.17) is 15.2 Å². The minimum Gasteiger partial charge on any atom is -0.463 e. The van der Waals surface area contributed by atoms with E-state index < -0.39 is 0 Å². The summed E-state index contributed by atoms with van der Waals surface area (Å²) in [7, 11) is 0. The molecule has 2 bridgehead atoms. The average Bonchev–Trinajstić information content (AvgIpc) is 2.83. The largest absolute Gasteiger partial charge is 0.463 e. The molecule has 4 nitrogen and oxygen atoms in total. The fraction of sp³-hybridized carbons (Fsp3) is 0.929. The van der Waals surface area contributed by atoms with Crippen LogP contribution in [0.3, 0.4) is 0 Å². The summed E-state index contributed by atoms with van der Waals surface area (Å²) in [6, 6.07) is 0.0137. The summed E-state index contributed by atoms with van der Waals surface area (Å²) < 4.78 is 10.8. The number of nitrogens with two attached hydrogens (primary N) is 1. The van der Waals surface area contributed by atoms with Gasteiger partial charge in [-0.25, -0.2) is 0 Å². The molecule has 4 unspecified atom stereocenters. The summed E-state index contributed by atoms with van der Waals surface area (Å²) in [5, 5.41) is 0. The molecular weight excluding hydrogens is 230 g/mol. The van der Waals surface area contributed by atoms with E-state index in [1.54, 1.807) is 0 Å². The van der Waals surface area contributed by atoms with E-state index in [1.807, 2.05) is 20.8 Å². The van der Waals surface area contributed by atoms with Gasteiger partial charge in [-0.3, -0.25) is 4.79 Å². The Kier molecular flexibility index (Phi) is 3.97. The molecule has 0 heterocycles. The molecule has 2 rings (SSSR count). The average molecular weight is 255 g/mol. The van der Waals surface area contributed by atoms with Crippen molar-refractivity contribution in [3.8, 4) is 0 Å². The molecule has 0 amide bonds. The van der Waals surface area contributed by atoms with Crippen LogP contribution >= 0.6 is 0 Å². The smallest absolute Gasteiger partial charge is 0.310 e. The predicted molar refractivity (Wildman–Crippen MR) is 69.0 cm³/mol. The molecule has 4 atom stereocenters. The van der Waals surface area contributed by atoms with Crippen LogP contribution in [-0.2, 0) is 14.3 Å². The van der Waals surface area contributed by atoms with Crippen LogP contribution in [0.1, 0.15) is 40.0 Å². The number of carbonyl (C=O) groups is 1. The summed E-state index contributed by atoms with van der Waals surface area (Å²) in [6.45, 7) is 6.74. The molecule has 0 aromatic rings. The Morgan fingerprint density at radius 1 is 1.22 bits per heavy atom. The van der Waals surface area contributed by atoms with E-state index in [0.717, 1.165) is 12.8 Å². The van der Waals surface area contributed by atoms with E-state index in [0.29, 0.717) is 25.0 Å². The first-order valence-corrected chi connectivity index (χ1v) is 6.94. The van der Waals surface area contributed by atoms with Gasteiger partial charge in [-0.05, 0) is 51.9 Å². The van der Waals surface area contributed by atoms with Gasteiger partial charge in [0.15, 0.2) is 0 Å². The van der Waals surface area contributed by atoms with E-state index in [-0.39, 0.29) is 23.5 Å². The molecule has 2 aliphatic carbocycles. The molecule has 0 aromatic carbocycles. The molecule has 2 saturated carbocycles. The Labute approximate surface area is 109 Å². The van der Waals surface area contributed by atoms with Crippen molar-refractivity contribution in [2.24, 2.45) is 23.5 Å². The van der Waals surface area contributed by atoms with Crippen molar-refractivity contribution in [2.75, 3.05) is 13.2 Å². The number of ether oxygens (including phenoxy) is 2. The Bertz CT molecular complexity index is 309. The molecular formula is C14H25NO3. The third kappa shape index (κ3) is 3.04. The van der Waals surface area contributed by atoms with Crippen LogP contribution in [0, 0.1) is 17.8 Å². The highest BCUT2D eigenvalue weighted by Crippen LogP contribution is 2.47. The summed E-state index contributed by atoms with van der Waals surface area (Å²) in [6.07, 6.45) is 3.43. The van der Waals surface area contributed by atoms with Gasteiger partial charge in [0, 0.05) is 6.04 Å². The summed E-state index contributed by atoms with van der Waals surface area (Å²) in [5.74, 6) is 0.810. The van der Waals surface area contributed by atoms with Gasteiger partial charge in [0.1, 0.15) is 6.61 Å². The highest BCUT2D eigenvalue weighted by Gasteiger charge is 2.49. The maximum atomic E-state index is 12.0. The maximum absolute atomic E-state index is 12.0. The van der Waals surface area contributed by atoms with Gasteiger partial charge in [-0.15, -0.1) is 0 Å². The van der Waals surface area contributed by atoms with Gasteiger partial charge < -0.3 is 15.2 Å². The number of fused-ring (bicyclic) bond motifs is 2. The van der Waals surface area contributed by atoms with Crippen molar-refractivity contribution < 1.29 is 14.3 Å². The van der Waals surface area contributed by atoms with Gasteiger partial charge in [-0.1, -0.05) is 0 Å². The monoisotopic (exact) mass is 255 g/mol. The van der Waals surface area contributed by atoms with Crippen molar-refractivity contribution in [1.29, 1.82) is 0 Å². The van der Waals surface area contributed by atoms with Crippen molar-refractivity contribution in [1.82, 2.24) is 0 Å². The molecule has 2 fully saturated rings. The molecule has 0 aliphatic heterocycles. The second-order valence-corrected chi connectivity index (χ2v) is 6.56. The van der Waals surface area contributed by atoms with Crippen LogP contribution in [0.4, 0.5) is 0 Å². The third-order valence-corrected chi connectivity index (χ3v) is 4.12. The molecule has 104 valence electrons. The molecule has 0 radical (unpaired) electrons. The highest BCUT2D eigenvalue weighted by molar-refractivity contribution is 5.74. The lowest BCUT2D eigenvalue weighted by Gasteiger charge is -2.26. The summed E-state index contributed by atoms with van der Waals surface area (Å²) >= 11 is 0. The predicted octanol–water partition coefficient (Wildman–Crippen LogP) is 1.72. The first-order chi connectivity index (χ1) is 8.38. The van der Waals surface area contributed by atoms with Crippen LogP contribution in [-0.4, -0.2) is 30.8 Å². The van der Waals surface area contributed by atoms with E-state index in [2.05, 4.69) is 0 Å². The Hall–Kier alpha value is -0.610. The minimum atomic E-state index is -0.185. The first kappa shape index (κ1) is 13.8. The van der Waals surface area contributed by atoms with E-state index >= 15 is 0 Å². The van der Waals surface area contributed by atoms with Crippen molar-refractivity contribution in [2.45, 2.75) is 51.7 Å². The SMILES string of the molecule is CC(C)(C)OCCOC(=O)C1C2CCC(C2)C1N. The van der Waals surface area contributed by atoms with Crippen LogP contribution in [0.2, 0.25) is 0 Å². The normalized spacial score (nSPS) is 34.9. The standard InChI is InChI=1S/C14H25NO3/c1-14(2,3)18-7-6-17-13(16)11-9-4-5-10(8-9)12(11)15/h9-12H,4-8,15H2,1-3H3. The quantitative estimate of drug-likeness (QED) is 0.614. The lowest BCUT2D eigenvalue weighted by molar-refractivity contribution is -0.154. The Balaban J connectivity index is 1.72. The van der Waals surface area contributed by atoms with Crippen molar-refractivity contribution >= 4 is 5.97 Å². The fourth-order valence-corrected chi connectivity index (χ4v) is 3.27. The molecule has 0 aromatic heterocycles. The van der Waals surface area contributed by atoms with Gasteiger partial charge in [-0.2, -0.15) is 0 Å². The molecule has 0 spiro atoms. The summed E-state index contributed by atoms with van der Waals surface area (Å²) in [4.78, 5) is 12.0. The Morgan fingerprint density at radius 2 is 1.89 bits per heavy atom. The van der Waals surface area contributed by atoms with Crippen LogP contribution < -0.4 is 5.73 Å². The van der Waals surface area contributed by atoms with Gasteiger partial charge in [0.05, 0.1) is 18.1 Å². The van der Waals surface area contributed by atoms with E-state index in [1.165, 1.54) is 6.42 Å². The molecule has 18 heavy (non-hydrogen) atoms. The summed E-state index contributed by atoms with van der Waals surface area (Å²) in [5.41, 5.74) is 5.92.